The second-order valence-electron chi connectivity index (χ2n) is 7.10. The van der Waals surface area contributed by atoms with Gasteiger partial charge in [-0.1, -0.05) is 59.1 Å². The van der Waals surface area contributed by atoms with Gasteiger partial charge in [0.2, 0.25) is 11.8 Å². The number of rotatable bonds is 5. The number of hydrogen-bond acceptors (Lipinski definition) is 2. The summed E-state index contributed by atoms with van der Waals surface area (Å²) < 4.78 is 0. The van der Waals surface area contributed by atoms with E-state index in [9.17, 15) is 9.59 Å². The molecule has 1 aliphatic rings. The van der Waals surface area contributed by atoms with E-state index in [2.05, 4.69) is 0 Å². The van der Waals surface area contributed by atoms with Gasteiger partial charge in [0.15, 0.2) is 0 Å². The quantitative estimate of drug-likeness (QED) is 0.744. The monoisotopic (exact) mass is 404 g/mol. The minimum absolute atomic E-state index is 0.0249. The highest BCUT2D eigenvalue weighted by Gasteiger charge is 2.35. The second-order valence-corrected chi connectivity index (χ2v) is 7.92. The third-order valence-corrected chi connectivity index (χ3v) is 5.58. The van der Waals surface area contributed by atoms with E-state index in [-0.39, 0.29) is 24.2 Å². The Hall–Kier alpha value is -2.04. The topological polar surface area (TPSA) is 40.6 Å². The largest absolute Gasteiger partial charge is 0.341 e. The molecule has 0 aliphatic carbocycles. The minimum atomic E-state index is -0.310. The molecule has 4 nitrogen and oxygen atoms in total. The van der Waals surface area contributed by atoms with Crippen LogP contribution in [0.25, 0.3) is 0 Å². The van der Waals surface area contributed by atoms with Crippen LogP contribution >= 0.6 is 23.2 Å². The third-order valence-electron chi connectivity index (χ3n) is 4.84. The van der Waals surface area contributed by atoms with Gasteiger partial charge in [-0.2, -0.15) is 0 Å². The van der Waals surface area contributed by atoms with E-state index >= 15 is 0 Å². The van der Waals surface area contributed by atoms with E-state index in [0.717, 1.165) is 11.1 Å². The third kappa shape index (κ3) is 4.82. The fraction of sp³-hybridized carbons (Fsp3) is 0.333. The number of benzene rings is 2. The first-order chi connectivity index (χ1) is 12.8. The highest BCUT2D eigenvalue weighted by molar-refractivity contribution is 6.42. The van der Waals surface area contributed by atoms with Crippen molar-refractivity contribution < 1.29 is 9.59 Å². The van der Waals surface area contributed by atoms with Crippen LogP contribution in [-0.4, -0.2) is 35.2 Å². The van der Waals surface area contributed by atoms with E-state index in [0.29, 0.717) is 29.7 Å². The maximum absolute atomic E-state index is 12.8. The molecule has 1 saturated heterocycles. The van der Waals surface area contributed by atoms with Gasteiger partial charge in [-0.05, 0) is 30.2 Å². The molecule has 0 saturated carbocycles. The highest BCUT2D eigenvalue weighted by Crippen LogP contribution is 2.25. The van der Waals surface area contributed by atoms with E-state index < -0.39 is 0 Å². The molecule has 1 fully saturated rings. The molecule has 0 bridgehead atoms. The zero-order valence-electron chi connectivity index (χ0n) is 15.4. The number of aryl methyl sites for hydroxylation is 1. The fourth-order valence-electron chi connectivity index (χ4n) is 3.31. The van der Waals surface area contributed by atoms with Crippen LogP contribution in [0.4, 0.5) is 0 Å². The Kier molecular flexibility index (Phi) is 6.08. The van der Waals surface area contributed by atoms with Crippen LogP contribution in [0.5, 0.6) is 0 Å². The summed E-state index contributed by atoms with van der Waals surface area (Å²) in [7, 11) is 1.75. The Morgan fingerprint density at radius 1 is 1.11 bits per heavy atom. The SMILES string of the molecule is Cc1ccc(CN2C[C@@H](C(=O)N(C)Cc3ccc(Cl)c(Cl)c3)CC2=O)cc1. The molecule has 27 heavy (non-hydrogen) atoms. The van der Waals surface area contributed by atoms with Crippen molar-refractivity contribution in [2.75, 3.05) is 13.6 Å². The predicted octanol–water partition coefficient (Wildman–Crippen LogP) is 4.31. The Balaban J connectivity index is 1.60. The van der Waals surface area contributed by atoms with Gasteiger partial charge < -0.3 is 9.80 Å². The molecule has 0 unspecified atom stereocenters. The number of amides is 2. The number of likely N-dealkylation sites (tertiary alicyclic amines) is 1. The van der Waals surface area contributed by atoms with Crippen LogP contribution in [0.3, 0.4) is 0 Å². The standard InChI is InChI=1S/C21H22Cl2N2O2/c1-14-3-5-15(6-4-14)12-25-13-17(10-20(25)26)21(27)24(2)11-16-7-8-18(22)19(23)9-16/h3-9,17H,10-13H2,1-2H3/t17-/m0/s1. The van der Waals surface area contributed by atoms with E-state index in [1.807, 2.05) is 37.3 Å². The average molecular weight is 405 g/mol. The second kappa shape index (κ2) is 8.32. The zero-order chi connectivity index (χ0) is 19.6. The van der Waals surface area contributed by atoms with Gasteiger partial charge in [0.05, 0.1) is 16.0 Å². The Bertz CT molecular complexity index is 852. The summed E-state index contributed by atoms with van der Waals surface area (Å²) in [5.74, 6) is -0.312. The van der Waals surface area contributed by atoms with Crippen molar-refractivity contribution in [2.24, 2.45) is 5.92 Å². The molecule has 2 aromatic carbocycles. The van der Waals surface area contributed by atoms with Crippen molar-refractivity contribution in [3.63, 3.8) is 0 Å². The molecule has 6 heteroatoms. The summed E-state index contributed by atoms with van der Waals surface area (Å²) in [4.78, 5) is 28.5. The number of carbonyl (C=O) groups is 2. The van der Waals surface area contributed by atoms with Gasteiger partial charge >= 0.3 is 0 Å². The minimum Gasteiger partial charge on any atom is -0.341 e. The summed E-state index contributed by atoms with van der Waals surface area (Å²) in [6.45, 7) is 3.46. The molecule has 2 aromatic rings. The molecule has 0 N–H and O–H groups in total. The molecule has 1 heterocycles. The zero-order valence-corrected chi connectivity index (χ0v) is 16.9. The molecule has 142 valence electrons. The van der Waals surface area contributed by atoms with Gasteiger partial charge in [0.1, 0.15) is 0 Å². The Labute approximate surface area is 169 Å². The van der Waals surface area contributed by atoms with Crippen LogP contribution in [0, 0.1) is 12.8 Å². The summed E-state index contributed by atoms with van der Waals surface area (Å²) >= 11 is 12.0. The lowest BCUT2D eigenvalue weighted by Crippen LogP contribution is -2.34. The van der Waals surface area contributed by atoms with Gasteiger partial charge in [0, 0.05) is 33.1 Å². The maximum atomic E-state index is 12.8. The molecule has 0 spiro atoms. The number of hydrogen-bond donors (Lipinski definition) is 0. The van der Waals surface area contributed by atoms with Gasteiger partial charge in [0.25, 0.3) is 0 Å². The first-order valence-corrected chi connectivity index (χ1v) is 9.61. The van der Waals surface area contributed by atoms with E-state index in [1.165, 1.54) is 5.56 Å². The van der Waals surface area contributed by atoms with Crippen LogP contribution in [0.2, 0.25) is 10.0 Å². The van der Waals surface area contributed by atoms with Gasteiger partial charge in [-0.15, -0.1) is 0 Å². The van der Waals surface area contributed by atoms with Crippen molar-refractivity contribution in [3.8, 4) is 0 Å². The van der Waals surface area contributed by atoms with Crippen molar-refractivity contribution in [2.45, 2.75) is 26.4 Å². The van der Waals surface area contributed by atoms with Crippen LogP contribution in [-0.2, 0) is 22.7 Å². The molecular formula is C21H22Cl2N2O2. The highest BCUT2D eigenvalue weighted by atomic mass is 35.5. The Morgan fingerprint density at radius 3 is 2.44 bits per heavy atom. The number of halogens is 2. The lowest BCUT2D eigenvalue weighted by atomic mass is 10.1. The van der Waals surface area contributed by atoms with Crippen LogP contribution in [0.15, 0.2) is 42.5 Å². The average Bonchev–Trinajstić information content (AvgIpc) is 3.00. The van der Waals surface area contributed by atoms with E-state index in [4.69, 9.17) is 23.2 Å². The lowest BCUT2D eigenvalue weighted by Gasteiger charge is -2.22. The van der Waals surface area contributed by atoms with Crippen LogP contribution in [0.1, 0.15) is 23.1 Å². The van der Waals surface area contributed by atoms with Gasteiger partial charge in [-0.3, -0.25) is 9.59 Å². The normalized spacial score (nSPS) is 16.7. The molecule has 0 radical (unpaired) electrons. The molecule has 2 amide bonds. The van der Waals surface area contributed by atoms with Crippen LogP contribution < -0.4 is 0 Å². The van der Waals surface area contributed by atoms with Crippen molar-refractivity contribution in [3.05, 3.63) is 69.2 Å². The molecular weight excluding hydrogens is 383 g/mol. The number of carbonyl (C=O) groups excluding carboxylic acids is 2. The molecule has 3 rings (SSSR count). The first kappa shape index (κ1) is 19.7. The summed E-state index contributed by atoms with van der Waals surface area (Å²) in [6.07, 6.45) is 0.260. The lowest BCUT2D eigenvalue weighted by molar-refractivity contribution is -0.135. The smallest absolute Gasteiger partial charge is 0.228 e. The van der Waals surface area contributed by atoms with Gasteiger partial charge in [-0.25, -0.2) is 0 Å². The van der Waals surface area contributed by atoms with E-state index in [1.54, 1.807) is 29.0 Å². The summed E-state index contributed by atoms with van der Waals surface area (Å²) in [5, 5.41) is 0.956. The molecule has 1 aliphatic heterocycles. The van der Waals surface area contributed by atoms with Crippen molar-refractivity contribution in [1.82, 2.24) is 9.80 Å². The Morgan fingerprint density at radius 2 is 1.78 bits per heavy atom. The van der Waals surface area contributed by atoms with Crippen molar-refractivity contribution >= 4 is 35.0 Å². The fourth-order valence-corrected chi connectivity index (χ4v) is 3.63. The predicted molar refractivity (Wildman–Crippen MR) is 108 cm³/mol. The summed E-state index contributed by atoms with van der Waals surface area (Å²) in [6, 6.07) is 13.4. The molecule has 1 atom stereocenters. The van der Waals surface area contributed by atoms with Crippen molar-refractivity contribution in [1.29, 1.82) is 0 Å². The maximum Gasteiger partial charge on any atom is 0.228 e. The number of nitrogens with zero attached hydrogens (tertiary/aromatic N) is 2. The molecule has 0 aromatic heterocycles. The summed E-state index contributed by atoms with van der Waals surface area (Å²) in [5.41, 5.74) is 3.16. The first-order valence-electron chi connectivity index (χ1n) is 8.85.